The molecule has 5 heteroatoms. The smallest absolute Gasteiger partial charge is 0.309 e. The van der Waals surface area contributed by atoms with Crippen LogP contribution in [0.25, 0.3) is 0 Å². The Bertz CT molecular complexity index is 695. The fraction of sp³-hybridized carbons (Fsp3) is 0.700. The van der Waals surface area contributed by atoms with Gasteiger partial charge in [-0.25, -0.2) is 0 Å². The third-order valence-corrected chi connectivity index (χ3v) is 7.75. The lowest BCUT2D eigenvalue weighted by Gasteiger charge is -2.59. The monoisotopic (exact) mass is 346 g/mol. The van der Waals surface area contributed by atoms with Gasteiger partial charge < -0.3 is 14.3 Å². The standard InChI is InChI=1S/C20H26O5/c1-11-9-15-20(3)13(18(23)25-15)5-4-6-14(20)19(11,2)17(22)16(21)12-7-8-24-10-12/h7-8,10-11,13-15,17,22H,4-6,9H2,1-3H3. The van der Waals surface area contributed by atoms with Gasteiger partial charge >= 0.3 is 5.97 Å². The van der Waals surface area contributed by atoms with E-state index in [-0.39, 0.29) is 41.0 Å². The molecule has 7 atom stereocenters. The second kappa shape index (κ2) is 5.44. The summed E-state index contributed by atoms with van der Waals surface area (Å²) in [5, 5.41) is 11.1. The van der Waals surface area contributed by atoms with Gasteiger partial charge in [0.1, 0.15) is 18.5 Å². The third kappa shape index (κ3) is 2.05. The first kappa shape index (κ1) is 16.8. The zero-order valence-corrected chi connectivity index (χ0v) is 15.0. The first-order valence-electron chi connectivity index (χ1n) is 9.26. The topological polar surface area (TPSA) is 76.7 Å². The van der Waals surface area contributed by atoms with Gasteiger partial charge in [-0.2, -0.15) is 0 Å². The van der Waals surface area contributed by atoms with Crippen molar-refractivity contribution in [3.63, 3.8) is 0 Å². The molecule has 136 valence electrons. The minimum absolute atomic E-state index is 0.0739. The predicted octanol–water partition coefficient (Wildman–Crippen LogP) is 3.22. The van der Waals surface area contributed by atoms with E-state index in [1.807, 2.05) is 6.92 Å². The van der Waals surface area contributed by atoms with Crippen LogP contribution >= 0.6 is 0 Å². The normalized spacial score (nSPS) is 44.1. The van der Waals surface area contributed by atoms with Crippen molar-refractivity contribution in [3.05, 3.63) is 24.2 Å². The van der Waals surface area contributed by atoms with Crippen LogP contribution in [0.2, 0.25) is 0 Å². The lowest BCUT2D eigenvalue weighted by molar-refractivity contribution is -0.165. The highest BCUT2D eigenvalue weighted by Gasteiger charge is 2.68. The van der Waals surface area contributed by atoms with Gasteiger partial charge in [-0.1, -0.05) is 27.2 Å². The van der Waals surface area contributed by atoms with Crippen molar-refractivity contribution in [3.8, 4) is 0 Å². The van der Waals surface area contributed by atoms with Gasteiger partial charge in [-0.3, -0.25) is 9.59 Å². The van der Waals surface area contributed by atoms with E-state index in [1.54, 1.807) is 6.07 Å². The molecule has 1 aliphatic heterocycles. The molecule has 5 nitrogen and oxygen atoms in total. The minimum Gasteiger partial charge on any atom is -0.472 e. The van der Waals surface area contributed by atoms with E-state index in [2.05, 4.69) is 13.8 Å². The first-order valence-corrected chi connectivity index (χ1v) is 9.26. The van der Waals surface area contributed by atoms with E-state index in [0.29, 0.717) is 12.0 Å². The molecule has 0 amide bonds. The number of furan rings is 1. The molecule has 1 saturated heterocycles. The van der Waals surface area contributed by atoms with E-state index < -0.39 is 11.5 Å². The van der Waals surface area contributed by atoms with Crippen LogP contribution < -0.4 is 0 Å². The fourth-order valence-electron chi connectivity index (χ4n) is 6.07. The maximum absolute atomic E-state index is 12.9. The number of Topliss-reactive ketones (excluding diaryl/α,β-unsaturated/α-hetero) is 1. The number of hydrogen-bond acceptors (Lipinski definition) is 5. The molecule has 0 radical (unpaired) electrons. The summed E-state index contributed by atoms with van der Waals surface area (Å²) in [5.41, 5.74) is -0.486. The lowest BCUT2D eigenvalue weighted by Crippen LogP contribution is -2.62. The third-order valence-electron chi connectivity index (χ3n) is 7.75. The number of ether oxygens (including phenoxy) is 1. The largest absolute Gasteiger partial charge is 0.472 e. The fourth-order valence-corrected chi connectivity index (χ4v) is 6.07. The Morgan fingerprint density at radius 2 is 2.12 bits per heavy atom. The van der Waals surface area contributed by atoms with E-state index >= 15 is 0 Å². The second-order valence-corrected chi connectivity index (χ2v) is 8.61. The van der Waals surface area contributed by atoms with Crippen LogP contribution in [0.3, 0.4) is 0 Å². The molecule has 0 aromatic carbocycles. The maximum Gasteiger partial charge on any atom is 0.309 e. The van der Waals surface area contributed by atoms with E-state index in [1.165, 1.54) is 12.5 Å². The molecule has 3 aliphatic rings. The highest BCUT2D eigenvalue weighted by Crippen LogP contribution is 2.66. The van der Waals surface area contributed by atoms with Crippen LogP contribution in [-0.2, 0) is 9.53 Å². The Morgan fingerprint density at radius 3 is 2.80 bits per heavy atom. The van der Waals surface area contributed by atoms with Crippen molar-refractivity contribution in [1.29, 1.82) is 0 Å². The summed E-state index contributed by atoms with van der Waals surface area (Å²) in [5.74, 6) is -0.350. The van der Waals surface area contributed by atoms with E-state index in [9.17, 15) is 14.7 Å². The first-order chi connectivity index (χ1) is 11.8. The van der Waals surface area contributed by atoms with Crippen LogP contribution in [0.15, 0.2) is 23.0 Å². The molecule has 2 heterocycles. The van der Waals surface area contributed by atoms with Crippen LogP contribution in [-0.4, -0.2) is 29.1 Å². The van der Waals surface area contributed by atoms with Gasteiger partial charge in [0.15, 0.2) is 5.78 Å². The quantitative estimate of drug-likeness (QED) is 0.672. The molecule has 0 spiro atoms. The molecule has 2 saturated carbocycles. The summed E-state index contributed by atoms with van der Waals surface area (Å²) in [6.07, 6.45) is 5.01. The molecule has 1 aromatic rings. The molecule has 3 fully saturated rings. The molecule has 4 rings (SSSR count). The highest BCUT2D eigenvalue weighted by atomic mass is 16.6. The van der Waals surface area contributed by atoms with Crippen molar-refractivity contribution in [2.45, 2.75) is 58.7 Å². The van der Waals surface area contributed by atoms with Crippen molar-refractivity contribution in [2.75, 3.05) is 0 Å². The summed E-state index contributed by atoms with van der Waals surface area (Å²) in [7, 11) is 0. The van der Waals surface area contributed by atoms with Crippen molar-refractivity contribution >= 4 is 11.8 Å². The molecular weight excluding hydrogens is 320 g/mol. The SMILES string of the molecule is CC1CC2OC(=O)C3CCCC(C1(C)C(O)C(=O)c1ccoc1)C23C. The second-order valence-electron chi connectivity index (χ2n) is 8.61. The van der Waals surface area contributed by atoms with Crippen molar-refractivity contribution in [1.82, 2.24) is 0 Å². The molecule has 25 heavy (non-hydrogen) atoms. The molecular formula is C20H26O5. The summed E-state index contributed by atoms with van der Waals surface area (Å²) in [6.45, 7) is 6.23. The van der Waals surface area contributed by atoms with Crippen LogP contribution in [0.4, 0.5) is 0 Å². The maximum atomic E-state index is 12.9. The Labute approximate surface area is 147 Å². The van der Waals surface area contributed by atoms with Gasteiger partial charge in [0.2, 0.25) is 0 Å². The predicted molar refractivity (Wildman–Crippen MR) is 89.8 cm³/mol. The lowest BCUT2D eigenvalue weighted by atomic mass is 9.44. The van der Waals surface area contributed by atoms with Gasteiger partial charge in [-0.05, 0) is 37.2 Å². The molecule has 2 aliphatic carbocycles. The zero-order chi connectivity index (χ0) is 18.0. The van der Waals surface area contributed by atoms with Gasteiger partial charge in [0.25, 0.3) is 0 Å². The Balaban J connectivity index is 1.75. The van der Waals surface area contributed by atoms with Crippen molar-refractivity contribution < 1.29 is 23.8 Å². The zero-order valence-electron chi connectivity index (χ0n) is 15.0. The number of aliphatic hydroxyl groups is 1. The number of esters is 1. The van der Waals surface area contributed by atoms with Gasteiger partial charge in [0.05, 0.1) is 17.7 Å². The summed E-state index contributed by atoms with van der Waals surface area (Å²) in [6, 6.07) is 1.60. The molecule has 7 unspecified atom stereocenters. The summed E-state index contributed by atoms with van der Waals surface area (Å²) >= 11 is 0. The molecule has 1 N–H and O–H groups in total. The van der Waals surface area contributed by atoms with E-state index in [4.69, 9.17) is 9.15 Å². The van der Waals surface area contributed by atoms with Crippen LogP contribution in [0.1, 0.15) is 56.8 Å². The number of hydrogen-bond donors (Lipinski definition) is 1. The average molecular weight is 346 g/mol. The number of carbonyl (C=O) groups is 2. The Kier molecular flexibility index (Phi) is 3.66. The summed E-state index contributed by atoms with van der Waals surface area (Å²) < 4.78 is 10.8. The molecule has 1 aromatic heterocycles. The summed E-state index contributed by atoms with van der Waals surface area (Å²) in [4.78, 5) is 25.3. The van der Waals surface area contributed by atoms with Gasteiger partial charge in [-0.15, -0.1) is 0 Å². The Hall–Kier alpha value is -1.62. The number of carbonyl (C=O) groups excluding carboxylic acids is 2. The number of rotatable bonds is 3. The number of aliphatic hydroxyl groups excluding tert-OH is 1. The average Bonchev–Trinajstić information content (AvgIpc) is 3.19. The Morgan fingerprint density at radius 1 is 1.36 bits per heavy atom. The van der Waals surface area contributed by atoms with E-state index in [0.717, 1.165) is 19.3 Å². The minimum atomic E-state index is -1.11. The van der Waals surface area contributed by atoms with Crippen LogP contribution in [0.5, 0.6) is 0 Å². The number of ketones is 1. The highest BCUT2D eigenvalue weighted by molar-refractivity contribution is 5.99. The van der Waals surface area contributed by atoms with Crippen LogP contribution in [0, 0.1) is 28.6 Å². The molecule has 0 bridgehead atoms. The van der Waals surface area contributed by atoms with Gasteiger partial charge in [0, 0.05) is 10.8 Å². The van der Waals surface area contributed by atoms with Crippen molar-refractivity contribution in [2.24, 2.45) is 28.6 Å².